The van der Waals surface area contributed by atoms with Gasteiger partial charge < -0.3 is 16.0 Å². The Hall–Kier alpha value is -2.21. The highest BCUT2D eigenvalue weighted by Crippen LogP contribution is 2.28. The first-order valence-corrected chi connectivity index (χ1v) is 10.9. The fourth-order valence-corrected chi connectivity index (χ4v) is 4.52. The van der Waals surface area contributed by atoms with E-state index in [0.717, 1.165) is 42.3 Å². The van der Waals surface area contributed by atoms with Gasteiger partial charge in [0.25, 0.3) is 0 Å². The van der Waals surface area contributed by atoms with Crippen LogP contribution in [0.15, 0.2) is 48.7 Å². The molecule has 156 valence electrons. The number of aromatic nitrogens is 1. The second kappa shape index (κ2) is 9.29. The second-order valence-electron chi connectivity index (χ2n) is 7.47. The summed E-state index contributed by atoms with van der Waals surface area (Å²) in [6, 6.07) is 12.9. The maximum absolute atomic E-state index is 12.3. The van der Waals surface area contributed by atoms with Crippen LogP contribution in [0.25, 0.3) is 10.9 Å². The second-order valence-corrected chi connectivity index (χ2v) is 8.78. The van der Waals surface area contributed by atoms with Gasteiger partial charge in [-0.15, -0.1) is 0 Å². The number of hydrogen-bond acceptors (Lipinski definition) is 3. The van der Waals surface area contributed by atoms with Crippen LogP contribution < -0.4 is 16.0 Å². The van der Waals surface area contributed by atoms with E-state index < -0.39 is 0 Å². The molecule has 5 nitrogen and oxygen atoms in total. The Morgan fingerprint density at radius 3 is 2.30 bits per heavy atom. The number of nitrogens with zero attached hydrogens (tertiary/aromatic N) is 1. The lowest BCUT2D eigenvalue weighted by molar-refractivity contribution is 0.243. The average molecular weight is 464 g/mol. The smallest absolute Gasteiger partial charge is 0.319 e. The summed E-state index contributed by atoms with van der Waals surface area (Å²) in [5.41, 5.74) is 2.51. The number of carbonyl (C=O) groups excluding carboxylic acids is 1. The van der Waals surface area contributed by atoms with Crippen LogP contribution in [-0.4, -0.2) is 23.1 Å². The third-order valence-electron chi connectivity index (χ3n) is 5.25. The summed E-state index contributed by atoms with van der Waals surface area (Å²) in [7, 11) is 0. The van der Waals surface area contributed by atoms with Gasteiger partial charge in [-0.05, 0) is 68.1 Å². The van der Waals surface area contributed by atoms with Gasteiger partial charge >= 0.3 is 6.03 Å². The molecule has 3 aromatic rings. The van der Waals surface area contributed by atoms with Gasteiger partial charge in [0.15, 0.2) is 0 Å². The van der Waals surface area contributed by atoms with Gasteiger partial charge in [0.1, 0.15) is 0 Å². The monoisotopic (exact) mass is 462 g/mol. The average Bonchev–Trinajstić information content (AvgIpc) is 2.68. The van der Waals surface area contributed by atoms with Crippen LogP contribution in [0.4, 0.5) is 16.2 Å². The summed E-state index contributed by atoms with van der Waals surface area (Å²) < 4.78 is 0. The number of nitrogens with one attached hydrogen (secondary N) is 3. The van der Waals surface area contributed by atoms with E-state index in [4.69, 9.17) is 34.8 Å². The SMILES string of the molecule is O=C(Nc1cc(Cl)cc(Cl)c1)NC1CCC(Nc2ccnc3cc(Cl)ccc23)CC1. The van der Waals surface area contributed by atoms with Crippen LogP contribution in [0.5, 0.6) is 0 Å². The van der Waals surface area contributed by atoms with Crippen LogP contribution in [0.3, 0.4) is 0 Å². The maximum Gasteiger partial charge on any atom is 0.319 e. The zero-order valence-electron chi connectivity index (χ0n) is 16.1. The highest BCUT2D eigenvalue weighted by atomic mass is 35.5. The summed E-state index contributed by atoms with van der Waals surface area (Å²) in [6.07, 6.45) is 5.52. The predicted molar refractivity (Wildman–Crippen MR) is 125 cm³/mol. The van der Waals surface area contributed by atoms with Crippen molar-refractivity contribution < 1.29 is 4.79 Å². The Morgan fingerprint density at radius 1 is 0.867 bits per heavy atom. The molecule has 0 aliphatic heterocycles. The molecule has 1 saturated carbocycles. The number of pyridine rings is 1. The van der Waals surface area contributed by atoms with E-state index in [-0.39, 0.29) is 12.1 Å². The van der Waals surface area contributed by atoms with Gasteiger partial charge in [0, 0.05) is 50.1 Å². The first-order chi connectivity index (χ1) is 14.5. The number of carbonyl (C=O) groups is 1. The number of fused-ring (bicyclic) bond motifs is 1. The molecule has 8 heteroatoms. The van der Waals surface area contributed by atoms with Crippen molar-refractivity contribution in [2.45, 2.75) is 37.8 Å². The van der Waals surface area contributed by atoms with Crippen molar-refractivity contribution in [1.29, 1.82) is 0 Å². The molecular formula is C22H21Cl3N4O. The molecule has 1 heterocycles. The molecule has 0 saturated heterocycles. The highest BCUT2D eigenvalue weighted by Gasteiger charge is 2.23. The molecule has 3 N–H and O–H groups in total. The minimum atomic E-state index is -0.248. The quantitative estimate of drug-likeness (QED) is 0.401. The summed E-state index contributed by atoms with van der Waals surface area (Å²) >= 11 is 18.0. The van der Waals surface area contributed by atoms with Crippen molar-refractivity contribution >= 4 is 63.1 Å². The van der Waals surface area contributed by atoms with E-state index in [0.29, 0.717) is 26.8 Å². The molecule has 30 heavy (non-hydrogen) atoms. The Labute approximate surface area is 190 Å². The largest absolute Gasteiger partial charge is 0.382 e. The lowest BCUT2D eigenvalue weighted by Gasteiger charge is -2.30. The van der Waals surface area contributed by atoms with Gasteiger partial charge in [0.2, 0.25) is 0 Å². The molecule has 1 aliphatic rings. The molecule has 1 fully saturated rings. The molecule has 0 atom stereocenters. The van der Waals surface area contributed by atoms with E-state index in [1.54, 1.807) is 24.4 Å². The Bertz CT molecular complexity index is 1050. The number of anilines is 2. The normalized spacial score (nSPS) is 18.8. The zero-order chi connectivity index (χ0) is 21.1. The number of urea groups is 1. The number of benzene rings is 2. The van der Waals surface area contributed by atoms with Gasteiger partial charge in [0.05, 0.1) is 5.52 Å². The van der Waals surface area contributed by atoms with Crippen molar-refractivity contribution in [2.24, 2.45) is 0 Å². The van der Waals surface area contributed by atoms with Crippen molar-refractivity contribution in [2.75, 3.05) is 10.6 Å². The van der Waals surface area contributed by atoms with Gasteiger partial charge in [-0.25, -0.2) is 4.79 Å². The van der Waals surface area contributed by atoms with E-state index in [1.165, 1.54) is 0 Å². The van der Waals surface area contributed by atoms with E-state index >= 15 is 0 Å². The minimum absolute atomic E-state index is 0.130. The Balaban J connectivity index is 1.30. The molecule has 0 radical (unpaired) electrons. The van der Waals surface area contributed by atoms with Crippen LogP contribution in [0, 0.1) is 0 Å². The number of amides is 2. The topological polar surface area (TPSA) is 66.1 Å². The van der Waals surface area contributed by atoms with Crippen LogP contribution >= 0.6 is 34.8 Å². The first kappa shape index (κ1) is 21.0. The third kappa shape index (κ3) is 5.28. The molecule has 2 aromatic carbocycles. The fraction of sp³-hybridized carbons (Fsp3) is 0.273. The lowest BCUT2D eigenvalue weighted by Crippen LogP contribution is -2.42. The summed E-state index contributed by atoms with van der Waals surface area (Å²) in [5, 5.41) is 12.2. The predicted octanol–water partition coefficient (Wildman–Crippen LogP) is 6.74. The maximum atomic E-state index is 12.3. The van der Waals surface area contributed by atoms with Crippen LogP contribution in [0.2, 0.25) is 15.1 Å². The van der Waals surface area contributed by atoms with Crippen molar-refractivity contribution in [3.05, 3.63) is 63.7 Å². The fourth-order valence-electron chi connectivity index (χ4n) is 3.83. The number of rotatable bonds is 4. The lowest BCUT2D eigenvalue weighted by atomic mass is 9.91. The Kier molecular flexibility index (Phi) is 6.52. The molecule has 1 aliphatic carbocycles. The zero-order valence-corrected chi connectivity index (χ0v) is 18.4. The number of halogens is 3. The van der Waals surface area contributed by atoms with Crippen LogP contribution in [-0.2, 0) is 0 Å². The van der Waals surface area contributed by atoms with Crippen molar-refractivity contribution in [3.8, 4) is 0 Å². The third-order valence-corrected chi connectivity index (χ3v) is 5.92. The van der Waals surface area contributed by atoms with E-state index in [2.05, 4.69) is 20.9 Å². The number of hydrogen-bond donors (Lipinski definition) is 3. The van der Waals surface area contributed by atoms with E-state index in [1.807, 2.05) is 24.3 Å². The summed E-state index contributed by atoms with van der Waals surface area (Å²) in [4.78, 5) is 16.7. The molecule has 2 amide bonds. The van der Waals surface area contributed by atoms with Gasteiger partial charge in [-0.1, -0.05) is 34.8 Å². The molecule has 0 unspecified atom stereocenters. The summed E-state index contributed by atoms with van der Waals surface area (Å²) in [6.45, 7) is 0. The molecule has 1 aromatic heterocycles. The highest BCUT2D eigenvalue weighted by molar-refractivity contribution is 6.35. The van der Waals surface area contributed by atoms with Crippen molar-refractivity contribution in [3.63, 3.8) is 0 Å². The molecule has 4 rings (SSSR count). The van der Waals surface area contributed by atoms with Gasteiger partial charge in [-0.2, -0.15) is 0 Å². The molecule has 0 bridgehead atoms. The van der Waals surface area contributed by atoms with E-state index in [9.17, 15) is 4.79 Å². The van der Waals surface area contributed by atoms with Crippen molar-refractivity contribution in [1.82, 2.24) is 10.3 Å². The first-order valence-electron chi connectivity index (χ1n) is 9.81. The standard InChI is InChI=1S/C22H21Cl3N4O/c23-13-1-6-19-20(7-8-26-21(19)12-13)27-16-2-4-17(5-3-16)28-22(30)29-18-10-14(24)9-15(25)11-18/h1,6-12,16-17H,2-5H2,(H,26,27)(H2,28,29,30). The Morgan fingerprint density at radius 2 is 1.57 bits per heavy atom. The molecule has 0 spiro atoms. The summed E-state index contributed by atoms with van der Waals surface area (Å²) in [5.74, 6) is 0. The minimum Gasteiger partial charge on any atom is -0.382 e. The molecular weight excluding hydrogens is 443 g/mol. The van der Waals surface area contributed by atoms with Crippen LogP contribution in [0.1, 0.15) is 25.7 Å². The van der Waals surface area contributed by atoms with Gasteiger partial charge in [-0.3, -0.25) is 4.98 Å².